The molecule has 5 heteroatoms. The summed E-state index contributed by atoms with van der Waals surface area (Å²) in [5.41, 5.74) is 1.32. The van der Waals surface area contributed by atoms with Gasteiger partial charge in [-0.3, -0.25) is 4.79 Å². The van der Waals surface area contributed by atoms with Crippen LogP contribution in [0.2, 0.25) is 0 Å². The Morgan fingerprint density at radius 1 is 1.30 bits per heavy atom. The van der Waals surface area contributed by atoms with E-state index in [2.05, 4.69) is 21.2 Å². The number of aryl methyl sites for hydroxylation is 1. The zero-order chi connectivity index (χ0) is 14.5. The largest absolute Gasteiger partial charge is 0.325 e. The normalized spacial score (nSPS) is 10.3. The standard InChI is InChI=1S/C15H13BrFNOS/c1-10-7-13(17)12(16)8-14(10)18-15(19)9-20-11-5-3-2-4-6-11/h2-8H,9H2,1H3,(H,18,19). The summed E-state index contributed by atoms with van der Waals surface area (Å²) >= 11 is 4.58. The molecule has 2 nitrogen and oxygen atoms in total. The van der Waals surface area contributed by atoms with Crippen LogP contribution < -0.4 is 5.32 Å². The lowest BCUT2D eigenvalue weighted by Crippen LogP contribution is -2.15. The van der Waals surface area contributed by atoms with Crippen molar-refractivity contribution in [1.82, 2.24) is 0 Å². The van der Waals surface area contributed by atoms with Gasteiger partial charge in [0.1, 0.15) is 5.82 Å². The molecule has 0 bridgehead atoms. The molecule has 20 heavy (non-hydrogen) atoms. The van der Waals surface area contributed by atoms with Gasteiger partial charge < -0.3 is 5.32 Å². The molecule has 0 saturated carbocycles. The Kier molecular flexibility index (Phi) is 5.20. The number of rotatable bonds is 4. The van der Waals surface area contributed by atoms with Crippen LogP contribution in [0.25, 0.3) is 0 Å². The molecule has 2 aromatic rings. The first-order chi connectivity index (χ1) is 9.56. The predicted octanol–water partition coefficient (Wildman–Crippen LogP) is 4.63. The monoisotopic (exact) mass is 353 g/mol. The highest BCUT2D eigenvalue weighted by molar-refractivity contribution is 9.10. The van der Waals surface area contributed by atoms with Crippen molar-refractivity contribution in [2.45, 2.75) is 11.8 Å². The van der Waals surface area contributed by atoms with E-state index in [1.54, 1.807) is 13.0 Å². The molecule has 0 aliphatic rings. The second kappa shape index (κ2) is 6.90. The first-order valence-electron chi connectivity index (χ1n) is 5.99. The van der Waals surface area contributed by atoms with Crippen LogP contribution in [0.5, 0.6) is 0 Å². The number of amides is 1. The van der Waals surface area contributed by atoms with Crippen molar-refractivity contribution in [3.63, 3.8) is 0 Å². The van der Waals surface area contributed by atoms with Gasteiger partial charge in [-0.15, -0.1) is 11.8 Å². The second-order valence-electron chi connectivity index (χ2n) is 4.23. The van der Waals surface area contributed by atoms with Gasteiger partial charge in [-0.05, 0) is 52.7 Å². The molecule has 104 valence electrons. The highest BCUT2D eigenvalue weighted by atomic mass is 79.9. The summed E-state index contributed by atoms with van der Waals surface area (Å²) in [6, 6.07) is 12.7. The van der Waals surface area contributed by atoms with Gasteiger partial charge in [0.25, 0.3) is 0 Å². The van der Waals surface area contributed by atoms with Crippen LogP contribution in [0, 0.1) is 12.7 Å². The summed E-state index contributed by atoms with van der Waals surface area (Å²) in [7, 11) is 0. The average molecular weight is 354 g/mol. The maximum Gasteiger partial charge on any atom is 0.234 e. The third-order valence-electron chi connectivity index (χ3n) is 2.65. The Labute approximate surface area is 129 Å². The Balaban J connectivity index is 1.97. The van der Waals surface area contributed by atoms with E-state index in [1.165, 1.54) is 17.8 Å². The molecule has 0 aliphatic heterocycles. The van der Waals surface area contributed by atoms with Gasteiger partial charge in [-0.2, -0.15) is 0 Å². The zero-order valence-corrected chi connectivity index (χ0v) is 13.2. The number of anilines is 1. The van der Waals surface area contributed by atoms with E-state index in [0.717, 1.165) is 4.90 Å². The Hall–Kier alpha value is -1.33. The van der Waals surface area contributed by atoms with Crippen LogP contribution in [0.3, 0.4) is 0 Å². The summed E-state index contributed by atoms with van der Waals surface area (Å²) in [5.74, 6) is -0.127. The Morgan fingerprint density at radius 2 is 2.00 bits per heavy atom. The first kappa shape index (κ1) is 15.1. The maximum absolute atomic E-state index is 13.3. The number of carbonyl (C=O) groups is 1. The van der Waals surface area contributed by atoms with Gasteiger partial charge in [0.05, 0.1) is 10.2 Å². The first-order valence-corrected chi connectivity index (χ1v) is 7.77. The van der Waals surface area contributed by atoms with E-state index >= 15 is 0 Å². The quantitative estimate of drug-likeness (QED) is 0.812. The van der Waals surface area contributed by atoms with Gasteiger partial charge in [0, 0.05) is 10.6 Å². The molecule has 0 aliphatic carbocycles. The lowest BCUT2D eigenvalue weighted by Gasteiger charge is -2.09. The molecule has 0 saturated heterocycles. The van der Waals surface area contributed by atoms with Crippen LogP contribution >= 0.6 is 27.7 Å². The molecular weight excluding hydrogens is 341 g/mol. The fourth-order valence-electron chi connectivity index (χ4n) is 1.63. The van der Waals surface area contributed by atoms with E-state index in [1.807, 2.05) is 30.3 Å². The van der Waals surface area contributed by atoms with Crippen molar-refractivity contribution in [3.05, 3.63) is 58.3 Å². The molecular formula is C15H13BrFNOS. The van der Waals surface area contributed by atoms with Crippen molar-refractivity contribution < 1.29 is 9.18 Å². The summed E-state index contributed by atoms with van der Waals surface area (Å²) in [6.07, 6.45) is 0. The SMILES string of the molecule is Cc1cc(F)c(Br)cc1NC(=O)CSc1ccccc1. The molecule has 2 rings (SSSR count). The lowest BCUT2D eigenvalue weighted by atomic mass is 10.2. The van der Waals surface area contributed by atoms with Crippen LogP contribution in [-0.2, 0) is 4.79 Å². The smallest absolute Gasteiger partial charge is 0.234 e. The van der Waals surface area contributed by atoms with Crippen molar-refractivity contribution in [1.29, 1.82) is 0 Å². The van der Waals surface area contributed by atoms with Gasteiger partial charge in [0.15, 0.2) is 0 Å². The van der Waals surface area contributed by atoms with Crippen LogP contribution in [0.4, 0.5) is 10.1 Å². The number of hydrogen-bond donors (Lipinski definition) is 1. The maximum atomic E-state index is 13.3. The van der Waals surface area contributed by atoms with Crippen molar-refractivity contribution in [3.8, 4) is 0 Å². The van der Waals surface area contributed by atoms with Gasteiger partial charge in [0.2, 0.25) is 5.91 Å². The molecule has 0 spiro atoms. The van der Waals surface area contributed by atoms with E-state index < -0.39 is 0 Å². The molecule has 0 radical (unpaired) electrons. The molecule has 0 fully saturated rings. The van der Waals surface area contributed by atoms with Crippen molar-refractivity contribution in [2.75, 3.05) is 11.1 Å². The molecule has 0 atom stereocenters. The summed E-state index contributed by atoms with van der Waals surface area (Å²) in [5, 5.41) is 2.79. The number of halogens is 2. The van der Waals surface area contributed by atoms with Gasteiger partial charge >= 0.3 is 0 Å². The fourth-order valence-corrected chi connectivity index (χ4v) is 2.70. The zero-order valence-electron chi connectivity index (χ0n) is 10.8. The third kappa shape index (κ3) is 4.08. The molecule has 1 N–H and O–H groups in total. The minimum absolute atomic E-state index is 0.111. The molecule has 0 unspecified atom stereocenters. The predicted molar refractivity (Wildman–Crippen MR) is 84.6 cm³/mol. The third-order valence-corrected chi connectivity index (χ3v) is 4.27. The number of carbonyl (C=O) groups excluding carboxylic acids is 1. The molecule has 2 aromatic carbocycles. The number of thioether (sulfide) groups is 1. The summed E-state index contributed by atoms with van der Waals surface area (Å²) in [4.78, 5) is 12.9. The van der Waals surface area contributed by atoms with Gasteiger partial charge in [-0.1, -0.05) is 18.2 Å². The minimum Gasteiger partial charge on any atom is -0.325 e. The highest BCUT2D eigenvalue weighted by Gasteiger charge is 2.09. The molecule has 0 heterocycles. The van der Waals surface area contributed by atoms with Gasteiger partial charge in [-0.25, -0.2) is 4.39 Å². The van der Waals surface area contributed by atoms with Crippen LogP contribution in [-0.4, -0.2) is 11.7 Å². The van der Waals surface area contributed by atoms with Crippen LogP contribution in [0.15, 0.2) is 51.8 Å². The van der Waals surface area contributed by atoms with E-state index in [0.29, 0.717) is 21.5 Å². The van der Waals surface area contributed by atoms with Crippen molar-refractivity contribution >= 4 is 39.3 Å². The number of benzene rings is 2. The van der Waals surface area contributed by atoms with Crippen LogP contribution in [0.1, 0.15) is 5.56 Å². The average Bonchev–Trinajstić information content (AvgIpc) is 2.44. The minimum atomic E-state index is -0.334. The number of nitrogens with one attached hydrogen (secondary N) is 1. The second-order valence-corrected chi connectivity index (χ2v) is 6.13. The van der Waals surface area contributed by atoms with Crippen molar-refractivity contribution in [2.24, 2.45) is 0 Å². The number of hydrogen-bond acceptors (Lipinski definition) is 2. The van der Waals surface area contributed by atoms with E-state index in [-0.39, 0.29) is 11.7 Å². The lowest BCUT2D eigenvalue weighted by molar-refractivity contribution is -0.113. The van der Waals surface area contributed by atoms with E-state index in [9.17, 15) is 9.18 Å². The summed E-state index contributed by atoms with van der Waals surface area (Å²) in [6.45, 7) is 1.76. The fraction of sp³-hybridized carbons (Fsp3) is 0.133. The Bertz CT molecular complexity index is 619. The molecule has 0 aromatic heterocycles. The molecule has 1 amide bonds. The Morgan fingerprint density at radius 3 is 2.70 bits per heavy atom. The van der Waals surface area contributed by atoms with E-state index in [4.69, 9.17) is 0 Å². The highest BCUT2D eigenvalue weighted by Crippen LogP contribution is 2.25. The summed E-state index contributed by atoms with van der Waals surface area (Å²) < 4.78 is 13.6. The topological polar surface area (TPSA) is 29.1 Å².